The summed E-state index contributed by atoms with van der Waals surface area (Å²) in [6, 6.07) is 31.4. The van der Waals surface area contributed by atoms with E-state index < -0.39 is 20.5 Å². The molecule has 1 heterocycles. The van der Waals surface area contributed by atoms with E-state index in [9.17, 15) is 4.79 Å². The molecule has 43 heavy (non-hydrogen) atoms. The maximum atomic E-state index is 13.3. The summed E-state index contributed by atoms with van der Waals surface area (Å²) in [5.74, 6) is 1.37. The van der Waals surface area contributed by atoms with Crippen LogP contribution in [0.1, 0.15) is 66.9 Å². The third-order valence-corrected chi connectivity index (χ3v) is 13.9. The van der Waals surface area contributed by atoms with Crippen molar-refractivity contribution < 1.29 is 18.7 Å². The number of hydrogen-bond donors (Lipinski definition) is 0. The lowest BCUT2D eigenvalue weighted by atomic mass is 9.82. The van der Waals surface area contributed by atoms with Crippen molar-refractivity contribution in [1.82, 2.24) is 0 Å². The summed E-state index contributed by atoms with van der Waals surface area (Å²) in [7, 11) is -2.91. The fourth-order valence-corrected chi connectivity index (χ4v) is 11.2. The van der Waals surface area contributed by atoms with Crippen LogP contribution in [-0.2, 0) is 25.3 Å². The lowest BCUT2D eigenvalue weighted by Gasteiger charge is -2.45. The molecule has 5 heteroatoms. The van der Waals surface area contributed by atoms with E-state index in [1.54, 1.807) is 0 Å². The van der Waals surface area contributed by atoms with Gasteiger partial charge in [-0.3, -0.25) is 0 Å². The van der Waals surface area contributed by atoms with E-state index in [0.29, 0.717) is 37.4 Å². The fourth-order valence-electron chi connectivity index (χ4n) is 6.52. The molecule has 0 aliphatic carbocycles. The van der Waals surface area contributed by atoms with Crippen LogP contribution in [0.4, 0.5) is 0 Å². The Kier molecular flexibility index (Phi) is 11.2. The topological polar surface area (TPSA) is 44.8 Å². The number of allylic oxidation sites excluding steroid dienone is 1. The van der Waals surface area contributed by atoms with Crippen LogP contribution in [0, 0.1) is 17.8 Å². The first kappa shape index (κ1) is 32.9. The highest BCUT2D eigenvalue weighted by atomic mass is 28.4. The second-order valence-corrected chi connectivity index (χ2v) is 17.8. The van der Waals surface area contributed by atoms with E-state index >= 15 is 0 Å². The van der Waals surface area contributed by atoms with Crippen molar-refractivity contribution >= 4 is 24.7 Å². The summed E-state index contributed by atoms with van der Waals surface area (Å²) in [5.41, 5.74) is 1.86. The second kappa shape index (κ2) is 14.7. The second-order valence-electron chi connectivity index (χ2n) is 13.6. The highest BCUT2D eigenvalue weighted by Gasteiger charge is 2.53. The SMILES string of the molecule is CC(C)C(C/C=C1/C[C@@H]([C@H](COCc2ccccc2)O[Si](c2ccccc2)(c2ccccc2)C(C)(C)C)OC1=O)C(C)C. The van der Waals surface area contributed by atoms with E-state index in [2.05, 4.69) is 115 Å². The largest absolute Gasteiger partial charge is 0.456 e. The molecule has 3 aromatic carbocycles. The number of esters is 1. The van der Waals surface area contributed by atoms with E-state index in [-0.39, 0.29) is 11.0 Å². The number of cyclic esters (lactones) is 1. The van der Waals surface area contributed by atoms with Gasteiger partial charge < -0.3 is 13.9 Å². The monoisotopic (exact) mass is 598 g/mol. The van der Waals surface area contributed by atoms with E-state index in [1.807, 2.05) is 30.3 Å². The molecular formula is C38H50O4Si. The van der Waals surface area contributed by atoms with Crippen LogP contribution >= 0.6 is 0 Å². The summed E-state index contributed by atoms with van der Waals surface area (Å²) in [6.07, 6.45) is 2.66. The van der Waals surface area contributed by atoms with Gasteiger partial charge >= 0.3 is 5.97 Å². The molecular weight excluding hydrogens is 549 g/mol. The van der Waals surface area contributed by atoms with Crippen LogP contribution < -0.4 is 10.4 Å². The first-order valence-corrected chi connectivity index (χ1v) is 17.7. The summed E-state index contributed by atoms with van der Waals surface area (Å²) in [5, 5.41) is 2.17. The number of carbonyl (C=O) groups excluding carboxylic acids is 1. The Morgan fingerprint density at radius 1 is 0.837 bits per heavy atom. The molecule has 2 atom stereocenters. The van der Waals surface area contributed by atoms with E-state index in [1.165, 1.54) is 10.4 Å². The molecule has 0 radical (unpaired) electrons. The number of carbonyl (C=O) groups is 1. The van der Waals surface area contributed by atoms with E-state index in [0.717, 1.165) is 17.6 Å². The molecule has 1 saturated heterocycles. The van der Waals surface area contributed by atoms with Crippen LogP contribution in [0.25, 0.3) is 0 Å². The molecule has 0 saturated carbocycles. The average Bonchev–Trinajstić information content (AvgIpc) is 3.35. The predicted octanol–water partition coefficient (Wildman–Crippen LogP) is 7.71. The summed E-state index contributed by atoms with van der Waals surface area (Å²) in [6.45, 7) is 16.6. The minimum atomic E-state index is -2.91. The predicted molar refractivity (Wildman–Crippen MR) is 179 cm³/mol. The third-order valence-electron chi connectivity index (χ3n) is 8.84. The van der Waals surface area contributed by atoms with Gasteiger partial charge in [-0.05, 0) is 45.1 Å². The number of ether oxygens (including phenoxy) is 2. The fraction of sp³-hybridized carbons (Fsp3) is 0.447. The van der Waals surface area contributed by atoms with Crippen LogP contribution in [-0.4, -0.2) is 33.1 Å². The van der Waals surface area contributed by atoms with Gasteiger partial charge in [0.1, 0.15) is 12.2 Å². The molecule has 0 N–H and O–H groups in total. The summed E-state index contributed by atoms with van der Waals surface area (Å²) in [4.78, 5) is 13.3. The Hall–Kier alpha value is -2.99. The van der Waals surface area contributed by atoms with Crippen molar-refractivity contribution in [3.05, 3.63) is 108 Å². The van der Waals surface area contributed by atoms with Gasteiger partial charge in [-0.2, -0.15) is 0 Å². The highest BCUT2D eigenvalue weighted by molar-refractivity contribution is 6.99. The zero-order valence-corrected chi connectivity index (χ0v) is 28.1. The molecule has 1 fully saturated rings. The zero-order chi connectivity index (χ0) is 31.0. The van der Waals surface area contributed by atoms with Gasteiger partial charge in [0.15, 0.2) is 0 Å². The van der Waals surface area contributed by atoms with Crippen molar-refractivity contribution in [3.63, 3.8) is 0 Å². The van der Waals surface area contributed by atoms with Gasteiger partial charge in [-0.15, -0.1) is 0 Å². The summed E-state index contributed by atoms with van der Waals surface area (Å²) < 4.78 is 20.0. The van der Waals surface area contributed by atoms with Gasteiger partial charge in [0.2, 0.25) is 0 Å². The van der Waals surface area contributed by atoms with Crippen LogP contribution in [0.15, 0.2) is 103 Å². The Morgan fingerprint density at radius 3 is 1.84 bits per heavy atom. The van der Waals surface area contributed by atoms with Gasteiger partial charge in [0, 0.05) is 12.0 Å². The Labute approximate surface area is 260 Å². The lowest BCUT2D eigenvalue weighted by Crippen LogP contribution is -2.68. The molecule has 0 unspecified atom stereocenters. The van der Waals surface area contributed by atoms with Crippen molar-refractivity contribution in [2.45, 2.75) is 85.2 Å². The van der Waals surface area contributed by atoms with Gasteiger partial charge in [-0.1, -0.05) is 146 Å². The molecule has 4 nitrogen and oxygen atoms in total. The highest BCUT2D eigenvalue weighted by Crippen LogP contribution is 2.39. The van der Waals surface area contributed by atoms with Crippen LogP contribution in [0.2, 0.25) is 5.04 Å². The number of hydrogen-bond acceptors (Lipinski definition) is 4. The minimum Gasteiger partial charge on any atom is -0.456 e. The summed E-state index contributed by atoms with van der Waals surface area (Å²) >= 11 is 0. The number of rotatable bonds is 13. The van der Waals surface area contributed by atoms with E-state index in [4.69, 9.17) is 13.9 Å². The first-order valence-electron chi connectivity index (χ1n) is 15.8. The van der Waals surface area contributed by atoms with Gasteiger partial charge in [0.05, 0.1) is 13.2 Å². The maximum absolute atomic E-state index is 13.3. The van der Waals surface area contributed by atoms with Gasteiger partial charge in [-0.25, -0.2) is 4.79 Å². The number of benzene rings is 3. The molecule has 4 rings (SSSR count). The Bertz CT molecular complexity index is 1260. The molecule has 1 aliphatic heterocycles. The molecule has 230 valence electrons. The Balaban J connectivity index is 1.70. The standard InChI is InChI=1S/C38H50O4Si/c1-28(2)34(29(3)4)24-23-31-25-35(41-37(31)39)36(27-40-26-30-17-11-8-12-18-30)42-43(38(5,6)7,32-19-13-9-14-20-32)33-21-15-10-16-22-33/h8-23,28-29,34-36H,24-27H2,1-7H3/b31-23-/t35-,36-/m0/s1. The molecule has 0 spiro atoms. The third kappa shape index (κ3) is 7.94. The lowest BCUT2D eigenvalue weighted by molar-refractivity contribution is -0.144. The van der Waals surface area contributed by atoms with Crippen molar-refractivity contribution in [2.75, 3.05) is 6.61 Å². The van der Waals surface area contributed by atoms with Crippen LogP contribution in [0.5, 0.6) is 0 Å². The van der Waals surface area contributed by atoms with Gasteiger partial charge in [0.25, 0.3) is 8.32 Å². The molecule has 1 aliphatic rings. The van der Waals surface area contributed by atoms with Crippen molar-refractivity contribution in [1.29, 1.82) is 0 Å². The molecule has 0 amide bonds. The zero-order valence-electron chi connectivity index (χ0n) is 27.1. The first-order chi connectivity index (χ1) is 20.5. The Morgan fingerprint density at radius 2 is 1.35 bits per heavy atom. The average molecular weight is 599 g/mol. The smallest absolute Gasteiger partial charge is 0.334 e. The molecule has 0 aromatic heterocycles. The van der Waals surface area contributed by atoms with Crippen molar-refractivity contribution in [3.8, 4) is 0 Å². The molecule has 3 aromatic rings. The van der Waals surface area contributed by atoms with Crippen LogP contribution in [0.3, 0.4) is 0 Å². The maximum Gasteiger partial charge on any atom is 0.334 e. The van der Waals surface area contributed by atoms with Crippen molar-refractivity contribution in [2.24, 2.45) is 17.8 Å². The molecule has 0 bridgehead atoms. The quantitative estimate of drug-likeness (QED) is 0.115. The normalized spacial score (nSPS) is 17.7. The minimum absolute atomic E-state index is 0.212.